The van der Waals surface area contributed by atoms with Gasteiger partial charge in [-0.25, -0.2) is 0 Å². The topological polar surface area (TPSA) is 81.3 Å². The van der Waals surface area contributed by atoms with Crippen LogP contribution < -0.4 is 19.5 Å². The van der Waals surface area contributed by atoms with Crippen molar-refractivity contribution in [1.82, 2.24) is 15.2 Å². The summed E-state index contributed by atoms with van der Waals surface area (Å²) in [6.07, 6.45) is 0. The fourth-order valence-electron chi connectivity index (χ4n) is 2.32. The molecule has 1 aromatic heterocycles. The molecule has 8 heteroatoms. The van der Waals surface area contributed by atoms with Crippen molar-refractivity contribution in [3.63, 3.8) is 0 Å². The molecule has 0 radical (unpaired) electrons. The van der Waals surface area contributed by atoms with Gasteiger partial charge in [-0.2, -0.15) is 4.98 Å². The highest BCUT2D eigenvalue weighted by molar-refractivity contribution is 7.98. The molecule has 0 aliphatic heterocycles. The van der Waals surface area contributed by atoms with Crippen LogP contribution in [0.1, 0.15) is 5.56 Å². The van der Waals surface area contributed by atoms with Crippen molar-refractivity contribution in [2.45, 2.75) is 10.9 Å². The number of rotatable bonds is 8. The molecule has 26 heavy (non-hydrogen) atoms. The minimum absolute atomic E-state index is 0.491. The van der Waals surface area contributed by atoms with Gasteiger partial charge in [0.1, 0.15) is 5.75 Å². The molecular weight excluding hydrogens is 352 g/mol. The second-order valence-corrected chi connectivity index (χ2v) is 6.26. The Labute approximate surface area is 156 Å². The largest absolute Gasteiger partial charge is 0.497 e. The number of hydrogen-bond acceptors (Lipinski definition) is 7. The third-order valence-corrected chi connectivity index (χ3v) is 4.55. The van der Waals surface area contributed by atoms with Crippen molar-refractivity contribution < 1.29 is 14.2 Å². The van der Waals surface area contributed by atoms with Crippen LogP contribution >= 0.6 is 11.8 Å². The molecule has 1 heterocycles. The predicted molar refractivity (Wildman–Crippen MR) is 102 cm³/mol. The number of aromatic nitrogens is 3. The molecule has 0 aliphatic carbocycles. The lowest BCUT2D eigenvalue weighted by molar-refractivity contribution is 0.355. The summed E-state index contributed by atoms with van der Waals surface area (Å²) in [6, 6.07) is 13.5. The van der Waals surface area contributed by atoms with E-state index in [1.165, 1.54) is 0 Å². The SMILES string of the molecule is COc1cccc(CSc2nc(Nc3ccc(OC)c(OC)c3)n[nH]2)c1. The summed E-state index contributed by atoms with van der Waals surface area (Å²) in [5, 5.41) is 11.0. The first-order chi connectivity index (χ1) is 12.7. The molecule has 136 valence electrons. The van der Waals surface area contributed by atoms with Crippen LogP contribution in [0.15, 0.2) is 47.6 Å². The van der Waals surface area contributed by atoms with Crippen LogP contribution in [0.2, 0.25) is 0 Å². The van der Waals surface area contributed by atoms with Gasteiger partial charge in [0, 0.05) is 17.5 Å². The maximum absolute atomic E-state index is 5.30. The third kappa shape index (κ3) is 4.40. The van der Waals surface area contributed by atoms with Gasteiger partial charge in [0.15, 0.2) is 16.7 Å². The van der Waals surface area contributed by atoms with Crippen LogP contribution in [0.3, 0.4) is 0 Å². The van der Waals surface area contributed by atoms with Crippen molar-refractivity contribution >= 4 is 23.4 Å². The Kier molecular flexibility index (Phi) is 5.85. The molecule has 0 unspecified atom stereocenters. The van der Waals surface area contributed by atoms with Gasteiger partial charge < -0.3 is 19.5 Å². The summed E-state index contributed by atoms with van der Waals surface area (Å²) in [4.78, 5) is 4.44. The van der Waals surface area contributed by atoms with E-state index in [0.29, 0.717) is 17.4 Å². The highest BCUT2D eigenvalue weighted by Gasteiger charge is 2.08. The van der Waals surface area contributed by atoms with E-state index in [9.17, 15) is 0 Å². The maximum Gasteiger partial charge on any atom is 0.247 e. The number of anilines is 2. The van der Waals surface area contributed by atoms with Gasteiger partial charge in [-0.3, -0.25) is 5.10 Å². The van der Waals surface area contributed by atoms with Gasteiger partial charge in [-0.15, -0.1) is 5.10 Å². The molecule has 0 aliphatic rings. The minimum atomic E-state index is 0.491. The smallest absolute Gasteiger partial charge is 0.247 e. The van der Waals surface area contributed by atoms with Gasteiger partial charge in [-0.05, 0) is 29.8 Å². The van der Waals surface area contributed by atoms with E-state index in [1.807, 2.05) is 36.4 Å². The monoisotopic (exact) mass is 372 g/mol. The van der Waals surface area contributed by atoms with Crippen molar-refractivity contribution in [3.8, 4) is 17.2 Å². The van der Waals surface area contributed by atoms with E-state index >= 15 is 0 Å². The standard InChI is InChI=1S/C18H20N4O3S/c1-23-14-6-4-5-12(9-14)11-26-18-20-17(21-22-18)19-13-7-8-15(24-2)16(10-13)25-3/h4-10H,11H2,1-3H3,(H2,19,20,21,22). The molecule has 0 saturated carbocycles. The summed E-state index contributed by atoms with van der Waals surface area (Å²) in [5.74, 6) is 3.41. The van der Waals surface area contributed by atoms with E-state index in [0.717, 1.165) is 27.9 Å². The van der Waals surface area contributed by atoms with E-state index in [-0.39, 0.29) is 0 Å². The fraction of sp³-hybridized carbons (Fsp3) is 0.222. The first-order valence-corrected chi connectivity index (χ1v) is 8.87. The summed E-state index contributed by atoms with van der Waals surface area (Å²) in [6.45, 7) is 0. The van der Waals surface area contributed by atoms with Crippen LogP contribution in [0.25, 0.3) is 0 Å². The number of H-pyrrole nitrogens is 1. The van der Waals surface area contributed by atoms with E-state index in [4.69, 9.17) is 14.2 Å². The van der Waals surface area contributed by atoms with Crippen molar-refractivity contribution in [3.05, 3.63) is 48.0 Å². The maximum atomic E-state index is 5.30. The highest BCUT2D eigenvalue weighted by atomic mass is 32.2. The molecule has 0 amide bonds. The quantitative estimate of drug-likeness (QED) is 0.581. The van der Waals surface area contributed by atoms with E-state index in [2.05, 4.69) is 26.6 Å². The molecule has 0 saturated heterocycles. The molecular formula is C18H20N4O3S. The Bertz CT molecular complexity index is 869. The van der Waals surface area contributed by atoms with Crippen molar-refractivity contribution in [2.75, 3.05) is 26.6 Å². The number of nitrogens with one attached hydrogen (secondary N) is 2. The highest BCUT2D eigenvalue weighted by Crippen LogP contribution is 2.31. The molecule has 7 nitrogen and oxygen atoms in total. The number of thioether (sulfide) groups is 1. The zero-order valence-corrected chi connectivity index (χ0v) is 15.6. The van der Waals surface area contributed by atoms with Gasteiger partial charge in [0.05, 0.1) is 21.3 Å². The fourth-order valence-corrected chi connectivity index (χ4v) is 3.07. The Hall–Kier alpha value is -2.87. The second-order valence-electron chi connectivity index (χ2n) is 5.30. The summed E-state index contributed by atoms with van der Waals surface area (Å²) in [7, 11) is 4.86. The number of nitrogens with zero attached hydrogens (tertiary/aromatic N) is 2. The van der Waals surface area contributed by atoms with Gasteiger partial charge in [0.2, 0.25) is 5.95 Å². The molecule has 0 atom stereocenters. The predicted octanol–water partition coefficient (Wildman–Crippen LogP) is 3.87. The van der Waals surface area contributed by atoms with Crippen LogP contribution in [0.4, 0.5) is 11.6 Å². The molecule has 0 fully saturated rings. The zero-order valence-electron chi connectivity index (χ0n) is 14.8. The molecule has 2 N–H and O–H groups in total. The molecule has 0 spiro atoms. The van der Waals surface area contributed by atoms with Crippen LogP contribution in [-0.4, -0.2) is 36.5 Å². The average molecular weight is 372 g/mol. The lowest BCUT2D eigenvalue weighted by Crippen LogP contribution is -1.95. The number of methoxy groups -OCH3 is 3. The van der Waals surface area contributed by atoms with Crippen LogP contribution in [0.5, 0.6) is 17.2 Å². The first-order valence-electron chi connectivity index (χ1n) is 7.89. The van der Waals surface area contributed by atoms with Gasteiger partial charge in [0.25, 0.3) is 0 Å². The second kappa shape index (κ2) is 8.48. The van der Waals surface area contributed by atoms with Crippen molar-refractivity contribution in [2.24, 2.45) is 0 Å². The lowest BCUT2D eigenvalue weighted by atomic mass is 10.2. The molecule has 3 rings (SSSR count). The normalized spacial score (nSPS) is 10.4. The number of benzene rings is 2. The minimum Gasteiger partial charge on any atom is -0.497 e. The van der Waals surface area contributed by atoms with E-state index in [1.54, 1.807) is 33.1 Å². The Balaban J connectivity index is 1.62. The van der Waals surface area contributed by atoms with E-state index < -0.39 is 0 Å². The number of ether oxygens (including phenoxy) is 3. The Morgan fingerprint density at radius 1 is 1.00 bits per heavy atom. The first kappa shape index (κ1) is 17.9. The summed E-state index contributed by atoms with van der Waals surface area (Å²) >= 11 is 1.57. The lowest BCUT2D eigenvalue weighted by Gasteiger charge is -2.09. The molecule has 3 aromatic rings. The Morgan fingerprint density at radius 2 is 1.85 bits per heavy atom. The number of hydrogen-bond donors (Lipinski definition) is 2. The summed E-state index contributed by atoms with van der Waals surface area (Å²) in [5.41, 5.74) is 1.96. The summed E-state index contributed by atoms with van der Waals surface area (Å²) < 4.78 is 15.8. The van der Waals surface area contributed by atoms with Gasteiger partial charge in [-0.1, -0.05) is 23.9 Å². The number of aromatic amines is 1. The molecule has 2 aromatic carbocycles. The molecule has 0 bridgehead atoms. The van der Waals surface area contributed by atoms with Crippen molar-refractivity contribution in [1.29, 1.82) is 0 Å². The zero-order chi connectivity index (χ0) is 18.4. The average Bonchev–Trinajstić information content (AvgIpc) is 3.13. The third-order valence-electron chi connectivity index (χ3n) is 3.61. The van der Waals surface area contributed by atoms with Crippen LogP contribution in [0, 0.1) is 0 Å². The van der Waals surface area contributed by atoms with Crippen LogP contribution in [-0.2, 0) is 5.75 Å². The van der Waals surface area contributed by atoms with Gasteiger partial charge >= 0.3 is 0 Å². The Morgan fingerprint density at radius 3 is 2.62 bits per heavy atom.